The Morgan fingerprint density at radius 2 is 2.23 bits per heavy atom. The summed E-state index contributed by atoms with van der Waals surface area (Å²) in [5.41, 5.74) is 1.47. The first-order chi connectivity index (χ1) is 12.5. The second-order valence-electron chi connectivity index (χ2n) is 5.40. The lowest BCUT2D eigenvalue weighted by molar-refractivity contribution is -0.130. The molecule has 0 bridgehead atoms. The number of ether oxygens (including phenoxy) is 2. The number of nitrogens with zero attached hydrogens (tertiary/aromatic N) is 2. The Morgan fingerprint density at radius 1 is 1.42 bits per heavy atom. The summed E-state index contributed by atoms with van der Waals surface area (Å²) in [4.78, 5) is 13.2. The van der Waals surface area contributed by atoms with Crippen molar-refractivity contribution >= 4 is 34.6 Å². The van der Waals surface area contributed by atoms with Gasteiger partial charge in [-0.2, -0.15) is 13.9 Å². The second-order valence-corrected chi connectivity index (χ2v) is 6.62. The maximum atomic E-state index is 12.5. The molecule has 0 spiro atoms. The van der Waals surface area contributed by atoms with Crippen LogP contribution in [-0.2, 0) is 4.79 Å². The van der Waals surface area contributed by atoms with Crippen LogP contribution in [0.1, 0.15) is 22.9 Å². The van der Waals surface area contributed by atoms with Crippen LogP contribution in [0.15, 0.2) is 40.8 Å². The third-order valence-corrected chi connectivity index (χ3v) is 5.02. The molecule has 9 heteroatoms. The molecule has 1 amide bonds. The number of hydrogen-bond donors (Lipinski definition) is 0. The number of amides is 1. The Hall–Kier alpha value is -2.19. The molecule has 3 rings (SSSR count). The van der Waals surface area contributed by atoms with Gasteiger partial charge in [0.1, 0.15) is 5.88 Å². The largest absolute Gasteiger partial charge is 0.493 e. The molecule has 0 saturated heterocycles. The van der Waals surface area contributed by atoms with Crippen molar-refractivity contribution in [2.75, 3.05) is 13.0 Å². The number of carbonyl (C=O) groups is 1. The summed E-state index contributed by atoms with van der Waals surface area (Å²) >= 11 is 7.24. The predicted molar refractivity (Wildman–Crippen MR) is 95.4 cm³/mol. The molecule has 2 heterocycles. The Morgan fingerprint density at radius 3 is 2.85 bits per heavy atom. The zero-order chi connectivity index (χ0) is 18.7. The van der Waals surface area contributed by atoms with Gasteiger partial charge in [0, 0.05) is 6.42 Å². The molecule has 0 unspecified atom stereocenters. The number of methoxy groups -OCH3 is 1. The Balaban J connectivity index is 1.93. The zero-order valence-electron chi connectivity index (χ0n) is 13.7. The standard InChI is InChI=1S/C17H15ClF2N2O3S/c1-24-14-7-10(4-5-13(14)25-17(19)20)12-8-11(15-3-2-6-26-15)21-22(12)16(23)9-18/h2-7,12,17H,8-9H2,1H3/t12-/m0/s1. The van der Waals surface area contributed by atoms with Crippen LogP contribution in [0.25, 0.3) is 0 Å². The average Bonchev–Trinajstić information content (AvgIpc) is 3.30. The first-order valence-corrected chi connectivity index (χ1v) is 9.07. The Labute approximate surface area is 157 Å². The van der Waals surface area contributed by atoms with E-state index in [4.69, 9.17) is 16.3 Å². The van der Waals surface area contributed by atoms with Gasteiger partial charge in [-0.25, -0.2) is 5.01 Å². The van der Waals surface area contributed by atoms with Crippen LogP contribution in [0.4, 0.5) is 8.78 Å². The highest BCUT2D eigenvalue weighted by atomic mass is 35.5. The molecule has 5 nitrogen and oxygen atoms in total. The summed E-state index contributed by atoms with van der Waals surface area (Å²) in [7, 11) is 1.36. The number of thiophene rings is 1. The molecule has 2 aromatic rings. The van der Waals surface area contributed by atoms with E-state index in [0.717, 1.165) is 10.6 Å². The number of benzene rings is 1. The molecule has 1 aromatic heterocycles. The molecule has 0 N–H and O–H groups in total. The van der Waals surface area contributed by atoms with Crippen LogP contribution < -0.4 is 9.47 Å². The van der Waals surface area contributed by atoms with Gasteiger partial charge in [0.15, 0.2) is 11.5 Å². The SMILES string of the molecule is COc1cc([C@@H]2CC(c3cccs3)=NN2C(=O)CCl)ccc1OC(F)F. The van der Waals surface area contributed by atoms with Crippen molar-refractivity contribution < 1.29 is 23.0 Å². The van der Waals surface area contributed by atoms with Gasteiger partial charge in [0.25, 0.3) is 5.91 Å². The van der Waals surface area contributed by atoms with Crippen molar-refractivity contribution in [1.82, 2.24) is 5.01 Å². The van der Waals surface area contributed by atoms with Crippen LogP contribution >= 0.6 is 22.9 Å². The third-order valence-electron chi connectivity index (χ3n) is 3.87. The van der Waals surface area contributed by atoms with Gasteiger partial charge in [0.05, 0.1) is 23.7 Å². The van der Waals surface area contributed by atoms with Crippen molar-refractivity contribution in [3.05, 3.63) is 46.2 Å². The molecule has 0 radical (unpaired) electrons. The van der Waals surface area contributed by atoms with Gasteiger partial charge in [-0.1, -0.05) is 12.1 Å². The summed E-state index contributed by atoms with van der Waals surface area (Å²) in [5.74, 6) is -0.457. The molecule has 26 heavy (non-hydrogen) atoms. The molecule has 0 fully saturated rings. The van der Waals surface area contributed by atoms with E-state index in [9.17, 15) is 13.6 Å². The highest BCUT2D eigenvalue weighted by molar-refractivity contribution is 7.12. The predicted octanol–water partition coefficient (Wildman–Crippen LogP) is 4.27. The van der Waals surface area contributed by atoms with E-state index >= 15 is 0 Å². The van der Waals surface area contributed by atoms with E-state index in [1.165, 1.54) is 29.5 Å². The minimum atomic E-state index is -2.95. The quantitative estimate of drug-likeness (QED) is 0.680. The maximum Gasteiger partial charge on any atom is 0.387 e. The fourth-order valence-electron chi connectivity index (χ4n) is 2.74. The summed E-state index contributed by atoms with van der Waals surface area (Å²) in [6.45, 7) is -2.95. The summed E-state index contributed by atoms with van der Waals surface area (Å²) in [5, 5.41) is 7.69. The molecule has 1 aromatic carbocycles. The van der Waals surface area contributed by atoms with Gasteiger partial charge in [-0.3, -0.25) is 4.79 Å². The van der Waals surface area contributed by atoms with E-state index in [1.807, 2.05) is 17.5 Å². The minimum absolute atomic E-state index is 0.0705. The molecule has 1 atom stereocenters. The third kappa shape index (κ3) is 3.81. The van der Waals surface area contributed by atoms with Crippen LogP contribution in [0.2, 0.25) is 0 Å². The van der Waals surface area contributed by atoms with Crippen LogP contribution in [-0.4, -0.2) is 36.2 Å². The summed E-state index contributed by atoms with van der Waals surface area (Å²) in [6.07, 6.45) is 0.487. The average molecular weight is 401 g/mol. The van der Waals surface area contributed by atoms with E-state index < -0.39 is 12.7 Å². The van der Waals surface area contributed by atoms with Crippen molar-refractivity contribution in [3.63, 3.8) is 0 Å². The minimum Gasteiger partial charge on any atom is -0.493 e. The monoisotopic (exact) mass is 400 g/mol. The van der Waals surface area contributed by atoms with Crippen LogP contribution in [0.3, 0.4) is 0 Å². The first kappa shape index (κ1) is 18.6. The van der Waals surface area contributed by atoms with E-state index in [-0.39, 0.29) is 23.3 Å². The van der Waals surface area contributed by atoms with Crippen LogP contribution in [0.5, 0.6) is 11.5 Å². The summed E-state index contributed by atoms with van der Waals surface area (Å²) < 4.78 is 34.6. The normalized spacial score (nSPS) is 16.7. The first-order valence-electron chi connectivity index (χ1n) is 7.65. The highest BCUT2D eigenvalue weighted by Gasteiger charge is 2.33. The van der Waals surface area contributed by atoms with Gasteiger partial charge in [0.2, 0.25) is 0 Å². The number of hydrazone groups is 1. The van der Waals surface area contributed by atoms with Gasteiger partial charge < -0.3 is 9.47 Å². The van der Waals surface area contributed by atoms with E-state index in [1.54, 1.807) is 12.1 Å². The Bertz CT molecular complexity index is 814. The number of carbonyl (C=O) groups excluding carboxylic acids is 1. The van der Waals surface area contributed by atoms with Crippen molar-refractivity contribution in [3.8, 4) is 11.5 Å². The number of halogens is 3. The molecule has 1 aliphatic rings. The van der Waals surface area contributed by atoms with E-state index in [0.29, 0.717) is 12.0 Å². The lowest BCUT2D eigenvalue weighted by atomic mass is 10.0. The van der Waals surface area contributed by atoms with Gasteiger partial charge in [-0.15, -0.1) is 22.9 Å². The highest BCUT2D eigenvalue weighted by Crippen LogP contribution is 2.38. The number of alkyl halides is 3. The van der Waals surface area contributed by atoms with Crippen molar-refractivity contribution in [1.29, 1.82) is 0 Å². The smallest absolute Gasteiger partial charge is 0.387 e. The number of rotatable bonds is 6. The molecular formula is C17H15ClF2N2O3S. The molecule has 0 aliphatic carbocycles. The fourth-order valence-corrected chi connectivity index (χ4v) is 3.58. The molecule has 1 aliphatic heterocycles. The lowest BCUT2D eigenvalue weighted by Crippen LogP contribution is -2.28. The lowest BCUT2D eigenvalue weighted by Gasteiger charge is -2.22. The van der Waals surface area contributed by atoms with E-state index in [2.05, 4.69) is 9.84 Å². The maximum absolute atomic E-state index is 12.5. The topological polar surface area (TPSA) is 51.1 Å². The molecule has 0 saturated carbocycles. The van der Waals surface area contributed by atoms with Gasteiger partial charge in [-0.05, 0) is 29.1 Å². The fraction of sp³-hybridized carbons (Fsp3) is 0.294. The molecular weight excluding hydrogens is 386 g/mol. The number of hydrogen-bond acceptors (Lipinski definition) is 5. The second kappa shape index (κ2) is 8.01. The van der Waals surface area contributed by atoms with Gasteiger partial charge >= 0.3 is 6.61 Å². The van der Waals surface area contributed by atoms with Crippen molar-refractivity contribution in [2.24, 2.45) is 5.10 Å². The molecule has 138 valence electrons. The van der Waals surface area contributed by atoms with Crippen molar-refractivity contribution in [2.45, 2.75) is 19.1 Å². The zero-order valence-corrected chi connectivity index (χ0v) is 15.3. The summed E-state index contributed by atoms with van der Waals surface area (Å²) in [6, 6.07) is 8.02. The Kier molecular flexibility index (Phi) is 5.73. The van der Waals surface area contributed by atoms with Crippen LogP contribution in [0, 0.1) is 0 Å².